The zero-order valence-corrected chi connectivity index (χ0v) is 17.7. The number of carbonyl (C=O) groups excluding carboxylic acids is 2. The van der Waals surface area contributed by atoms with Crippen molar-refractivity contribution in [1.82, 2.24) is 5.32 Å². The number of rotatable bonds is 3. The second-order valence-corrected chi connectivity index (χ2v) is 8.95. The number of halogens is 2. The number of nitrogens with one attached hydrogen (secondary N) is 2. The Morgan fingerprint density at radius 2 is 1.77 bits per heavy atom. The first-order valence-electron chi connectivity index (χ1n) is 10.2. The molecule has 160 valence electrons. The number of hydrogen-bond acceptors (Lipinski definition) is 3. The first kappa shape index (κ1) is 21.0. The van der Waals surface area contributed by atoms with Gasteiger partial charge in [-0.15, -0.1) is 0 Å². The summed E-state index contributed by atoms with van der Waals surface area (Å²) in [5, 5.41) is 6.01. The van der Waals surface area contributed by atoms with Gasteiger partial charge in [0.2, 0.25) is 0 Å². The third-order valence-electron chi connectivity index (χ3n) is 5.77. The highest BCUT2D eigenvalue weighted by Gasteiger charge is 2.42. The third kappa shape index (κ3) is 4.15. The van der Waals surface area contributed by atoms with E-state index in [0.717, 1.165) is 5.70 Å². The van der Waals surface area contributed by atoms with Crippen LogP contribution in [-0.2, 0) is 9.59 Å². The van der Waals surface area contributed by atoms with Crippen molar-refractivity contribution in [2.45, 2.75) is 39.5 Å². The number of hydrogen-bond donors (Lipinski definition) is 2. The highest BCUT2D eigenvalue weighted by atomic mass is 19.1. The molecule has 2 aliphatic rings. The SMILES string of the molecule is CC1=C(C(=O)Nc2cccc(F)c2)[C@@H](c2ccc(F)cc2)C2=C(CC(C)(C)CC2=O)N1. The van der Waals surface area contributed by atoms with Gasteiger partial charge in [-0.05, 0) is 54.7 Å². The summed E-state index contributed by atoms with van der Waals surface area (Å²) in [5.74, 6) is -1.95. The Morgan fingerprint density at radius 3 is 2.45 bits per heavy atom. The third-order valence-corrected chi connectivity index (χ3v) is 5.77. The number of ketones is 1. The fraction of sp³-hybridized carbons (Fsp3) is 0.280. The summed E-state index contributed by atoms with van der Waals surface area (Å²) in [6.45, 7) is 5.86. The minimum atomic E-state index is -0.631. The maximum Gasteiger partial charge on any atom is 0.254 e. The Kier molecular flexibility index (Phi) is 5.25. The molecule has 2 aromatic carbocycles. The van der Waals surface area contributed by atoms with E-state index in [9.17, 15) is 18.4 Å². The van der Waals surface area contributed by atoms with Gasteiger partial charge in [0.25, 0.3) is 5.91 Å². The summed E-state index contributed by atoms with van der Waals surface area (Å²) in [5.41, 5.74) is 3.11. The van der Waals surface area contributed by atoms with Crippen LogP contribution in [0.15, 0.2) is 71.1 Å². The average Bonchev–Trinajstić information content (AvgIpc) is 2.66. The molecule has 0 aromatic heterocycles. The van der Waals surface area contributed by atoms with Crippen molar-refractivity contribution in [3.8, 4) is 0 Å². The van der Waals surface area contributed by atoms with Gasteiger partial charge in [0, 0.05) is 40.6 Å². The molecule has 1 aliphatic heterocycles. The fourth-order valence-electron chi connectivity index (χ4n) is 4.49. The van der Waals surface area contributed by atoms with Gasteiger partial charge >= 0.3 is 0 Å². The standard InChI is InChI=1S/C25H24F2N2O2/c1-14-21(24(31)29-18-6-4-5-17(27)11-18)22(15-7-9-16(26)10-8-15)23-19(28-14)12-25(2,3)13-20(23)30/h4-11,22,28H,12-13H2,1-3H3,(H,29,31)/t22-/m1/s1. The maximum atomic E-state index is 13.6. The number of dihydropyridines is 1. The second-order valence-electron chi connectivity index (χ2n) is 8.95. The maximum absolute atomic E-state index is 13.6. The van der Waals surface area contributed by atoms with Gasteiger partial charge < -0.3 is 10.6 Å². The van der Waals surface area contributed by atoms with Gasteiger partial charge in [0.05, 0.1) is 0 Å². The van der Waals surface area contributed by atoms with E-state index < -0.39 is 23.5 Å². The summed E-state index contributed by atoms with van der Waals surface area (Å²) >= 11 is 0. The van der Waals surface area contributed by atoms with Crippen LogP contribution < -0.4 is 10.6 Å². The molecule has 1 aliphatic carbocycles. The molecule has 1 atom stereocenters. The van der Waals surface area contributed by atoms with Crippen molar-refractivity contribution in [2.24, 2.45) is 5.41 Å². The molecule has 0 radical (unpaired) electrons. The topological polar surface area (TPSA) is 58.2 Å². The lowest BCUT2D eigenvalue weighted by atomic mass is 9.68. The molecule has 0 saturated carbocycles. The Bertz CT molecular complexity index is 1130. The van der Waals surface area contributed by atoms with E-state index in [1.54, 1.807) is 25.1 Å². The van der Waals surface area contributed by atoms with Crippen molar-refractivity contribution >= 4 is 17.4 Å². The molecule has 2 N–H and O–H groups in total. The molecule has 4 rings (SSSR count). The lowest BCUT2D eigenvalue weighted by Gasteiger charge is -2.39. The minimum absolute atomic E-state index is 0.0309. The monoisotopic (exact) mass is 422 g/mol. The van der Waals surface area contributed by atoms with Crippen LogP contribution in [0.3, 0.4) is 0 Å². The first-order valence-corrected chi connectivity index (χ1v) is 10.2. The molecular formula is C25H24F2N2O2. The molecule has 0 bridgehead atoms. The van der Waals surface area contributed by atoms with E-state index >= 15 is 0 Å². The molecule has 31 heavy (non-hydrogen) atoms. The molecule has 0 unspecified atom stereocenters. The fourth-order valence-corrected chi connectivity index (χ4v) is 4.49. The molecule has 0 saturated heterocycles. The van der Waals surface area contributed by atoms with E-state index in [4.69, 9.17) is 0 Å². The number of allylic oxidation sites excluding steroid dienone is 3. The van der Waals surface area contributed by atoms with Gasteiger partial charge in [0.1, 0.15) is 11.6 Å². The minimum Gasteiger partial charge on any atom is -0.362 e. The quantitative estimate of drug-likeness (QED) is 0.714. The van der Waals surface area contributed by atoms with Crippen LogP contribution in [0.5, 0.6) is 0 Å². The lowest BCUT2D eigenvalue weighted by Crippen LogP contribution is -2.39. The molecule has 4 nitrogen and oxygen atoms in total. The molecule has 1 heterocycles. The van der Waals surface area contributed by atoms with Crippen LogP contribution in [0.4, 0.5) is 14.5 Å². The van der Waals surface area contributed by atoms with E-state index in [1.807, 2.05) is 13.8 Å². The van der Waals surface area contributed by atoms with Crippen LogP contribution in [0.2, 0.25) is 0 Å². The van der Waals surface area contributed by atoms with Gasteiger partial charge in [-0.1, -0.05) is 32.0 Å². The van der Waals surface area contributed by atoms with Crippen LogP contribution in [0, 0.1) is 17.0 Å². The van der Waals surface area contributed by atoms with Crippen LogP contribution >= 0.6 is 0 Å². The first-order chi connectivity index (χ1) is 14.6. The Labute approximate surface area is 180 Å². The largest absolute Gasteiger partial charge is 0.362 e. The Morgan fingerprint density at radius 1 is 1.06 bits per heavy atom. The number of benzene rings is 2. The van der Waals surface area contributed by atoms with E-state index in [-0.39, 0.29) is 11.2 Å². The summed E-state index contributed by atoms with van der Waals surface area (Å²) in [7, 11) is 0. The Balaban J connectivity index is 1.80. The molecule has 0 fully saturated rings. The molecule has 1 amide bonds. The van der Waals surface area contributed by atoms with E-state index in [1.165, 1.54) is 30.3 Å². The second kappa shape index (κ2) is 7.76. The van der Waals surface area contributed by atoms with Crippen molar-refractivity contribution in [3.63, 3.8) is 0 Å². The van der Waals surface area contributed by atoms with Gasteiger partial charge in [0.15, 0.2) is 5.78 Å². The van der Waals surface area contributed by atoms with Gasteiger partial charge in [-0.2, -0.15) is 0 Å². The zero-order chi connectivity index (χ0) is 22.3. The molecule has 0 spiro atoms. The zero-order valence-electron chi connectivity index (χ0n) is 17.7. The van der Waals surface area contributed by atoms with Crippen molar-refractivity contribution in [3.05, 3.63) is 88.3 Å². The van der Waals surface area contributed by atoms with Gasteiger partial charge in [-0.25, -0.2) is 8.78 Å². The highest BCUT2D eigenvalue weighted by Crippen LogP contribution is 2.46. The van der Waals surface area contributed by atoms with Crippen molar-refractivity contribution in [2.75, 3.05) is 5.32 Å². The number of Topliss-reactive ketones (excluding diaryl/α,β-unsaturated/α-hetero) is 1. The van der Waals surface area contributed by atoms with Crippen LogP contribution in [-0.4, -0.2) is 11.7 Å². The summed E-state index contributed by atoms with van der Waals surface area (Å²) in [6.07, 6.45) is 1.03. The summed E-state index contributed by atoms with van der Waals surface area (Å²) in [4.78, 5) is 26.5. The van der Waals surface area contributed by atoms with Gasteiger partial charge in [-0.3, -0.25) is 9.59 Å². The van der Waals surface area contributed by atoms with E-state index in [2.05, 4.69) is 10.6 Å². The predicted octanol–water partition coefficient (Wildman–Crippen LogP) is 5.21. The van der Waals surface area contributed by atoms with E-state index in [0.29, 0.717) is 40.9 Å². The molecule has 2 aromatic rings. The van der Waals surface area contributed by atoms with Crippen LogP contribution in [0.25, 0.3) is 0 Å². The average molecular weight is 422 g/mol. The smallest absolute Gasteiger partial charge is 0.254 e. The Hall–Kier alpha value is -3.28. The number of amides is 1. The normalized spacial score (nSPS) is 20.3. The lowest BCUT2D eigenvalue weighted by molar-refractivity contribution is -0.118. The van der Waals surface area contributed by atoms with Crippen molar-refractivity contribution in [1.29, 1.82) is 0 Å². The van der Waals surface area contributed by atoms with Crippen molar-refractivity contribution < 1.29 is 18.4 Å². The predicted molar refractivity (Wildman–Crippen MR) is 115 cm³/mol. The molecule has 6 heteroatoms. The summed E-state index contributed by atoms with van der Waals surface area (Å²) < 4.78 is 27.2. The highest BCUT2D eigenvalue weighted by molar-refractivity contribution is 6.09. The molecular weight excluding hydrogens is 398 g/mol. The number of carbonyl (C=O) groups is 2. The summed E-state index contributed by atoms with van der Waals surface area (Å²) in [6, 6.07) is 11.5. The van der Waals surface area contributed by atoms with Crippen LogP contribution in [0.1, 0.15) is 45.1 Å². The number of anilines is 1.